The lowest BCUT2D eigenvalue weighted by molar-refractivity contribution is -0.127. The summed E-state index contributed by atoms with van der Waals surface area (Å²) in [5, 5.41) is 15.1. The van der Waals surface area contributed by atoms with Crippen LogP contribution in [0.4, 0.5) is 10.5 Å². The van der Waals surface area contributed by atoms with Gasteiger partial charge >= 0.3 is 6.03 Å². The summed E-state index contributed by atoms with van der Waals surface area (Å²) in [7, 11) is 2.75. The number of imide groups is 1. The lowest BCUT2D eigenvalue weighted by Gasteiger charge is -2.12. The zero-order valence-electron chi connectivity index (χ0n) is 16.7. The lowest BCUT2D eigenvalue weighted by Crippen LogP contribution is -2.38. The number of aromatic hydroxyl groups is 1. The van der Waals surface area contributed by atoms with E-state index in [0.717, 1.165) is 10.5 Å². The molecule has 0 aromatic heterocycles. The van der Waals surface area contributed by atoms with E-state index in [4.69, 9.17) is 9.47 Å². The van der Waals surface area contributed by atoms with Gasteiger partial charge in [-0.2, -0.15) is 0 Å². The number of hydrogen-bond donors (Lipinski definition) is 3. The maximum atomic E-state index is 12.6. The second-order valence-electron chi connectivity index (χ2n) is 6.57. The van der Waals surface area contributed by atoms with Gasteiger partial charge in [0, 0.05) is 5.69 Å². The van der Waals surface area contributed by atoms with E-state index < -0.39 is 24.4 Å². The largest absolute Gasteiger partial charge is 0.502 e. The number of hydrogen-bond acceptors (Lipinski definition) is 6. The number of carbonyl (C=O) groups excluding carboxylic acids is 3. The number of aryl methyl sites for hydroxylation is 1. The van der Waals surface area contributed by atoms with Crippen LogP contribution in [-0.2, 0) is 9.59 Å². The number of anilines is 1. The Balaban J connectivity index is 1.77. The summed E-state index contributed by atoms with van der Waals surface area (Å²) in [6.07, 6.45) is 1.41. The topological polar surface area (TPSA) is 117 Å². The van der Waals surface area contributed by atoms with E-state index in [-0.39, 0.29) is 22.9 Å². The number of nitrogens with one attached hydrogen (secondary N) is 2. The van der Waals surface area contributed by atoms with Crippen molar-refractivity contribution < 1.29 is 29.0 Å². The van der Waals surface area contributed by atoms with Gasteiger partial charge in [-0.1, -0.05) is 12.1 Å². The standard InChI is InChI=1S/C21H21N3O6/c1-12-5-4-6-14(7-12)22-18(25)11-24-20(27)15(23-21(24)28)8-13-9-16(29-2)19(26)17(10-13)30-3/h4-10,26H,11H2,1-3H3,(H,22,25)(H,23,28)/b15-8-. The number of benzene rings is 2. The monoisotopic (exact) mass is 411 g/mol. The van der Waals surface area contributed by atoms with Crippen LogP contribution in [0.1, 0.15) is 11.1 Å². The Morgan fingerprint density at radius 1 is 1.17 bits per heavy atom. The number of urea groups is 1. The van der Waals surface area contributed by atoms with Crippen molar-refractivity contribution in [2.75, 3.05) is 26.1 Å². The van der Waals surface area contributed by atoms with Gasteiger partial charge in [0.05, 0.1) is 14.2 Å². The summed E-state index contributed by atoms with van der Waals surface area (Å²) < 4.78 is 10.2. The molecular weight excluding hydrogens is 390 g/mol. The fraction of sp³-hybridized carbons (Fsp3) is 0.190. The van der Waals surface area contributed by atoms with Crippen molar-refractivity contribution in [1.29, 1.82) is 0 Å². The van der Waals surface area contributed by atoms with Gasteiger partial charge in [-0.15, -0.1) is 0 Å². The highest BCUT2D eigenvalue weighted by Crippen LogP contribution is 2.37. The van der Waals surface area contributed by atoms with E-state index >= 15 is 0 Å². The van der Waals surface area contributed by atoms with Crippen molar-refractivity contribution in [1.82, 2.24) is 10.2 Å². The van der Waals surface area contributed by atoms with Crippen molar-refractivity contribution >= 4 is 29.6 Å². The normalized spacial score (nSPS) is 14.6. The number of methoxy groups -OCH3 is 2. The summed E-state index contributed by atoms with van der Waals surface area (Å²) in [6, 6.07) is 9.43. The molecule has 2 aromatic carbocycles. The van der Waals surface area contributed by atoms with Gasteiger partial charge in [0.25, 0.3) is 5.91 Å². The van der Waals surface area contributed by atoms with Gasteiger partial charge in [0.15, 0.2) is 11.5 Å². The van der Waals surface area contributed by atoms with Crippen molar-refractivity contribution in [3.05, 3.63) is 53.2 Å². The van der Waals surface area contributed by atoms with E-state index in [9.17, 15) is 19.5 Å². The number of amides is 4. The maximum absolute atomic E-state index is 12.6. The number of ether oxygens (including phenoxy) is 2. The molecule has 1 aliphatic rings. The molecule has 0 spiro atoms. The van der Waals surface area contributed by atoms with Crippen LogP contribution < -0.4 is 20.1 Å². The van der Waals surface area contributed by atoms with Gasteiger partial charge in [0.1, 0.15) is 12.2 Å². The third kappa shape index (κ3) is 4.35. The first-order chi connectivity index (χ1) is 14.3. The highest BCUT2D eigenvalue weighted by molar-refractivity contribution is 6.16. The Hall–Kier alpha value is -4.01. The Morgan fingerprint density at radius 3 is 2.43 bits per heavy atom. The molecule has 3 N–H and O–H groups in total. The average molecular weight is 411 g/mol. The SMILES string of the molecule is COc1cc(/C=C2\NC(=O)N(CC(=O)Nc3cccc(C)c3)C2=O)cc(OC)c1O. The number of carbonyl (C=O) groups is 3. The van der Waals surface area contributed by atoms with Crippen LogP contribution in [0.3, 0.4) is 0 Å². The molecule has 1 aliphatic heterocycles. The molecule has 0 saturated carbocycles. The fourth-order valence-corrected chi connectivity index (χ4v) is 2.95. The Bertz CT molecular complexity index is 1020. The first-order valence-corrected chi connectivity index (χ1v) is 8.98. The van der Waals surface area contributed by atoms with Crippen molar-refractivity contribution in [2.24, 2.45) is 0 Å². The zero-order chi connectivity index (χ0) is 21.8. The predicted molar refractivity (Wildman–Crippen MR) is 109 cm³/mol. The van der Waals surface area contributed by atoms with Gasteiger partial charge in [-0.25, -0.2) is 9.69 Å². The summed E-state index contributed by atoms with van der Waals surface area (Å²) in [5.41, 5.74) is 1.98. The molecule has 1 fully saturated rings. The molecule has 0 unspecified atom stereocenters. The van der Waals surface area contributed by atoms with Gasteiger partial charge in [-0.05, 0) is 48.4 Å². The van der Waals surface area contributed by atoms with Crippen molar-refractivity contribution in [3.8, 4) is 17.2 Å². The third-order valence-electron chi connectivity index (χ3n) is 4.38. The first kappa shape index (κ1) is 20.7. The molecule has 1 heterocycles. The molecule has 2 aromatic rings. The van der Waals surface area contributed by atoms with E-state index in [2.05, 4.69) is 10.6 Å². The van der Waals surface area contributed by atoms with Crippen LogP contribution in [0, 0.1) is 6.92 Å². The average Bonchev–Trinajstić information content (AvgIpc) is 2.96. The first-order valence-electron chi connectivity index (χ1n) is 8.98. The molecule has 156 valence electrons. The minimum absolute atomic E-state index is 0.0156. The van der Waals surface area contributed by atoms with Gasteiger partial charge < -0.3 is 25.2 Å². The molecular formula is C21H21N3O6. The van der Waals surface area contributed by atoms with Crippen LogP contribution in [0.25, 0.3) is 6.08 Å². The summed E-state index contributed by atoms with van der Waals surface area (Å²) in [5.74, 6) is -1.04. The van der Waals surface area contributed by atoms with E-state index in [0.29, 0.717) is 11.3 Å². The molecule has 0 aliphatic carbocycles. The molecule has 9 heteroatoms. The number of phenolic OH excluding ortho intramolecular Hbond substituents is 1. The fourth-order valence-electron chi connectivity index (χ4n) is 2.95. The van der Waals surface area contributed by atoms with Gasteiger partial charge in [0.2, 0.25) is 11.7 Å². The smallest absolute Gasteiger partial charge is 0.329 e. The highest BCUT2D eigenvalue weighted by atomic mass is 16.5. The van der Waals surface area contributed by atoms with E-state index in [1.54, 1.807) is 18.2 Å². The van der Waals surface area contributed by atoms with Crippen LogP contribution in [0.2, 0.25) is 0 Å². The van der Waals surface area contributed by atoms with Crippen LogP contribution in [0.5, 0.6) is 17.2 Å². The van der Waals surface area contributed by atoms with E-state index in [1.165, 1.54) is 32.4 Å². The molecule has 30 heavy (non-hydrogen) atoms. The molecule has 3 rings (SSSR count). The summed E-state index contributed by atoms with van der Waals surface area (Å²) >= 11 is 0. The van der Waals surface area contributed by atoms with Crippen molar-refractivity contribution in [2.45, 2.75) is 6.92 Å². The Morgan fingerprint density at radius 2 is 1.83 bits per heavy atom. The molecule has 4 amide bonds. The lowest BCUT2D eigenvalue weighted by atomic mass is 10.1. The number of rotatable bonds is 6. The minimum atomic E-state index is -0.705. The number of phenols is 1. The van der Waals surface area contributed by atoms with E-state index in [1.807, 2.05) is 13.0 Å². The molecule has 0 bridgehead atoms. The maximum Gasteiger partial charge on any atom is 0.329 e. The molecule has 9 nitrogen and oxygen atoms in total. The molecule has 0 radical (unpaired) electrons. The predicted octanol–water partition coefficient (Wildman–Crippen LogP) is 2.25. The van der Waals surface area contributed by atoms with Crippen molar-refractivity contribution in [3.63, 3.8) is 0 Å². The minimum Gasteiger partial charge on any atom is -0.502 e. The zero-order valence-corrected chi connectivity index (χ0v) is 16.7. The number of nitrogens with zero attached hydrogens (tertiary/aromatic N) is 1. The summed E-state index contributed by atoms with van der Waals surface area (Å²) in [4.78, 5) is 37.9. The summed E-state index contributed by atoms with van der Waals surface area (Å²) in [6.45, 7) is 1.45. The second kappa shape index (κ2) is 8.56. The third-order valence-corrected chi connectivity index (χ3v) is 4.38. The Labute approximate surface area is 172 Å². The quantitative estimate of drug-likeness (QED) is 0.496. The van der Waals surface area contributed by atoms with Crippen LogP contribution >= 0.6 is 0 Å². The highest BCUT2D eigenvalue weighted by Gasteiger charge is 2.35. The molecule has 1 saturated heterocycles. The Kier molecular flexibility index (Phi) is 5.91. The van der Waals surface area contributed by atoms with Crippen LogP contribution in [-0.4, -0.2) is 48.6 Å². The second-order valence-corrected chi connectivity index (χ2v) is 6.57. The van der Waals surface area contributed by atoms with Crippen LogP contribution in [0.15, 0.2) is 42.1 Å². The molecule has 0 atom stereocenters. The van der Waals surface area contributed by atoms with Gasteiger partial charge in [-0.3, -0.25) is 9.59 Å².